The molecule has 1 aliphatic rings. The molecule has 0 heterocycles. The summed E-state index contributed by atoms with van der Waals surface area (Å²) in [7, 11) is 1.55. The number of hydrogen-bond acceptors (Lipinski definition) is 5. The highest BCUT2D eigenvalue weighted by molar-refractivity contribution is 5.89. The third-order valence-electron chi connectivity index (χ3n) is 6.02. The van der Waals surface area contributed by atoms with Crippen molar-refractivity contribution in [1.29, 1.82) is 0 Å². The van der Waals surface area contributed by atoms with Gasteiger partial charge < -0.3 is 25.2 Å². The minimum absolute atomic E-state index is 0.101. The van der Waals surface area contributed by atoms with Crippen LogP contribution >= 0.6 is 0 Å². The van der Waals surface area contributed by atoms with E-state index in [1.54, 1.807) is 21.0 Å². The lowest BCUT2D eigenvalue weighted by molar-refractivity contribution is -0.143. The third-order valence-corrected chi connectivity index (χ3v) is 6.02. The van der Waals surface area contributed by atoms with E-state index in [1.807, 2.05) is 36.4 Å². The van der Waals surface area contributed by atoms with Crippen molar-refractivity contribution in [3.8, 4) is 11.1 Å². The largest absolute Gasteiger partial charge is 0.480 e. The molecule has 34 heavy (non-hydrogen) atoms. The summed E-state index contributed by atoms with van der Waals surface area (Å²) in [6, 6.07) is 14.1. The zero-order valence-corrected chi connectivity index (χ0v) is 19.7. The van der Waals surface area contributed by atoms with Crippen LogP contribution in [0.3, 0.4) is 0 Å². The number of amides is 2. The van der Waals surface area contributed by atoms with Gasteiger partial charge in [0.2, 0.25) is 5.91 Å². The molecule has 0 spiro atoms. The van der Waals surface area contributed by atoms with E-state index in [0.717, 1.165) is 22.3 Å². The van der Waals surface area contributed by atoms with E-state index >= 15 is 0 Å². The van der Waals surface area contributed by atoms with Crippen molar-refractivity contribution < 1.29 is 29.0 Å². The van der Waals surface area contributed by atoms with Crippen LogP contribution in [0.15, 0.2) is 48.5 Å². The van der Waals surface area contributed by atoms with Crippen LogP contribution in [0.2, 0.25) is 0 Å². The minimum atomic E-state index is -1.12. The Morgan fingerprint density at radius 3 is 2.09 bits per heavy atom. The maximum Gasteiger partial charge on any atom is 0.407 e. The number of methoxy groups -OCH3 is 1. The molecular formula is C26H32N2O6. The smallest absolute Gasteiger partial charge is 0.407 e. The van der Waals surface area contributed by atoms with Crippen molar-refractivity contribution in [2.45, 2.75) is 44.7 Å². The fraction of sp³-hybridized carbons (Fsp3) is 0.423. The summed E-state index contributed by atoms with van der Waals surface area (Å²) in [6.45, 7) is 3.94. The van der Waals surface area contributed by atoms with Gasteiger partial charge in [-0.15, -0.1) is 0 Å². The molecule has 0 bridgehead atoms. The number of carboxylic acid groups (broad SMARTS) is 1. The van der Waals surface area contributed by atoms with E-state index in [-0.39, 0.29) is 24.9 Å². The van der Waals surface area contributed by atoms with E-state index in [1.165, 1.54) is 0 Å². The lowest BCUT2D eigenvalue weighted by Gasteiger charge is -2.23. The first-order chi connectivity index (χ1) is 16.3. The van der Waals surface area contributed by atoms with E-state index in [2.05, 4.69) is 22.8 Å². The van der Waals surface area contributed by atoms with E-state index < -0.39 is 30.1 Å². The molecule has 3 N–H and O–H groups in total. The Bertz CT molecular complexity index is 976. The number of nitrogens with one attached hydrogen (secondary N) is 2. The maximum absolute atomic E-state index is 12.8. The second kappa shape index (κ2) is 11.7. The molecule has 2 unspecified atom stereocenters. The van der Waals surface area contributed by atoms with Crippen LogP contribution in [0, 0.1) is 5.92 Å². The Balaban J connectivity index is 1.66. The molecule has 3 rings (SSSR count). The van der Waals surface area contributed by atoms with Gasteiger partial charge in [0.15, 0.2) is 0 Å². The number of carbonyl (C=O) groups is 3. The average molecular weight is 469 g/mol. The van der Waals surface area contributed by atoms with Crippen molar-refractivity contribution in [3.63, 3.8) is 0 Å². The molecule has 8 nitrogen and oxygen atoms in total. The van der Waals surface area contributed by atoms with Gasteiger partial charge in [-0.25, -0.2) is 9.59 Å². The number of carboxylic acids is 1. The summed E-state index contributed by atoms with van der Waals surface area (Å²) >= 11 is 0. The van der Waals surface area contributed by atoms with Gasteiger partial charge >= 0.3 is 12.1 Å². The van der Waals surface area contributed by atoms with Crippen LogP contribution < -0.4 is 10.6 Å². The van der Waals surface area contributed by atoms with Crippen LogP contribution in [0.25, 0.3) is 11.1 Å². The fourth-order valence-corrected chi connectivity index (χ4v) is 4.25. The highest BCUT2D eigenvalue weighted by atomic mass is 16.5. The summed E-state index contributed by atoms with van der Waals surface area (Å²) in [6.07, 6.45) is 0.0715. The van der Waals surface area contributed by atoms with Crippen LogP contribution in [-0.4, -0.2) is 55.5 Å². The van der Waals surface area contributed by atoms with Crippen LogP contribution in [-0.2, 0) is 19.1 Å². The number of hydrogen-bond donors (Lipinski definition) is 3. The van der Waals surface area contributed by atoms with Gasteiger partial charge in [-0.3, -0.25) is 4.79 Å². The van der Waals surface area contributed by atoms with Crippen molar-refractivity contribution in [2.24, 2.45) is 5.92 Å². The molecule has 8 heteroatoms. The lowest BCUT2D eigenvalue weighted by atomic mass is 9.98. The Morgan fingerprint density at radius 2 is 1.56 bits per heavy atom. The first-order valence-corrected chi connectivity index (χ1v) is 11.5. The highest BCUT2D eigenvalue weighted by Gasteiger charge is 2.31. The summed E-state index contributed by atoms with van der Waals surface area (Å²) < 4.78 is 10.6. The average Bonchev–Trinajstić information content (AvgIpc) is 3.14. The standard InChI is InChI=1S/C26H32N2O6/c1-16(2)23(25(30)31)28-24(29)22(13-8-14-33-3)27-26(32)34-15-21-19-11-6-4-9-17(19)18-10-5-7-12-20(18)21/h4-7,9-12,16,21-23H,8,13-15H2,1-3H3,(H,27,32)(H,28,29)(H,30,31). The molecule has 0 radical (unpaired) electrons. The Hall–Kier alpha value is -3.39. The summed E-state index contributed by atoms with van der Waals surface area (Å²) in [4.78, 5) is 36.9. The normalized spacial score (nSPS) is 14.1. The van der Waals surface area contributed by atoms with Gasteiger partial charge in [-0.05, 0) is 41.0 Å². The van der Waals surface area contributed by atoms with Crippen molar-refractivity contribution in [1.82, 2.24) is 10.6 Å². The van der Waals surface area contributed by atoms with Gasteiger partial charge in [-0.1, -0.05) is 62.4 Å². The molecule has 182 valence electrons. The molecular weight excluding hydrogens is 436 g/mol. The zero-order valence-electron chi connectivity index (χ0n) is 19.7. The van der Waals surface area contributed by atoms with E-state index in [9.17, 15) is 19.5 Å². The van der Waals surface area contributed by atoms with Crippen molar-refractivity contribution in [3.05, 3.63) is 59.7 Å². The molecule has 0 saturated carbocycles. The second-order valence-electron chi connectivity index (χ2n) is 8.73. The van der Waals surface area contributed by atoms with Gasteiger partial charge in [-0.2, -0.15) is 0 Å². The first kappa shape index (κ1) is 25.2. The first-order valence-electron chi connectivity index (χ1n) is 11.5. The van der Waals surface area contributed by atoms with E-state index in [4.69, 9.17) is 9.47 Å². The molecule has 0 aromatic heterocycles. The number of fused-ring (bicyclic) bond motifs is 3. The van der Waals surface area contributed by atoms with Crippen LogP contribution in [0.4, 0.5) is 4.79 Å². The van der Waals surface area contributed by atoms with Gasteiger partial charge in [0.25, 0.3) is 0 Å². The molecule has 2 amide bonds. The quantitative estimate of drug-likeness (QED) is 0.435. The Morgan fingerprint density at radius 1 is 0.971 bits per heavy atom. The summed E-state index contributed by atoms with van der Waals surface area (Å²) in [5.41, 5.74) is 4.42. The van der Waals surface area contributed by atoms with Crippen molar-refractivity contribution in [2.75, 3.05) is 20.3 Å². The topological polar surface area (TPSA) is 114 Å². The fourth-order valence-electron chi connectivity index (χ4n) is 4.25. The molecule has 1 aliphatic carbocycles. The second-order valence-corrected chi connectivity index (χ2v) is 8.73. The van der Waals surface area contributed by atoms with Crippen LogP contribution in [0.1, 0.15) is 43.7 Å². The minimum Gasteiger partial charge on any atom is -0.480 e. The highest BCUT2D eigenvalue weighted by Crippen LogP contribution is 2.44. The molecule has 2 aromatic carbocycles. The predicted octanol–water partition coefficient (Wildman–Crippen LogP) is 3.55. The lowest BCUT2D eigenvalue weighted by Crippen LogP contribution is -2.53. The van der Waals surface area contributed by atoms with Crippen LogP contribution in [0.5, 0.6) is 0 Å². The predicted molar refractivity (Wildman–Crippen MR) is 128 cm³/mol. The number of aliphatic carboxylic acids is 1. The van der Waals surface area contributed by atoms with E-state index in [0.29, 0.717) is 13.0 Å². The number of carbonyl (C=O) groups excluding carboxylic acids is 2. The SMILES string of the molecule is COCCCC(NC(=O)OCC1c2ccccc2-c2ccccc21)C(=O)NC(C(=O)O)C(C)C. The molecule has 0 saturated heterocycles. The summed E-state index contributed by atoms with van der Waals surface area (Å²) in [5, 5.41) is 14.5. The Kier molecular flexibility index (Phi) is 8.65. The third kappa shape index (κ3) is 5.94. The molecule has 0 fully saturated rings. The van der Waals surface area contributed by atoms with Gasteiger partial charge in [0.05, 0.1) is 0 Å². The number of ether oxygens (including phenoxy) is 2. The number of alkyl carbamates (subject to hydrolysis) is 1. The monoisotopic (exact) mass is 468 g/mol. The van der Waals surface area contributed by atoms with Gasteiger partial charge in [0, 0.05) is 19.6 Å². The Labute approximate surface area is 199 Å². The zero-order chi connectivity index (χ0) is 24.7. The van der Waals surface area contributed by atoms with Gasteiger partial charge in [0.1, 0.15) is 18.7 Å². The summed E-state index contributed by atoms with van der Waals surface area (Å²) in [5.74, 6) is -2.10. The maximum atomic E-state index is 12.8. The molecule has 2 atom stereocenters. The van der Waals surface area contributed by atoms with Crippen molar-refractivity contribution >= 4 is 18.0 Å². The molecule has 0 aliphatic heterocycles. The number of rotatable bonds is 11. The molecule has 2 aromatic rings. The number of benzene rings is 2.